The van der Waals surface area contributed by atoms with Gasteiger partial charge in [0.2, 0.25) is 0 Å². The molecule has 2 N–H and O–H groups in total. The second-order valence-corrected chi connectivity index (χ2v) is 15.2. The minimum absolute atomic E-state index is 0. The van der Waals surface area contributed by atoms with E-state index < -0.39 is 0 Å². The first-order chi connectivity index (χ1) is 21.8. The summed E-state index contributed by atoms with van der Waals surface area (Å²) in [5.41, 5.74) is 12.6. The van der Waals surface area contributed by atoms with E-state index in [9.17, 15) is 0 Å². The van der Waals surface area contributed by atoms with Gasteiger partial charge in [-0.15, -0.1) is 0 Å². The van der Waals surface area contributed by atoms with Crippen LogP contribution in [0.15, 0.2) is 48.7 Å². The average molecular weight is 757 g/mol. The number of hydrogen-bond acceptors (Lipinski definition) is 4. The Hall–Kier alpha value is -1.76. The molecule has 0 aliphatic rings. The third-order valence-corrected chi connectivity index (χ3v) is 9.28. The van der Waals surface area contributed by atoms with Crippen LogP contribution in [0.5, 0.6) is 0 Å². The predicted octanol–water partition coefficient (Wildman–Crippen LogP) is 5.63. The SMILES string of the molecule is CC(C)c1cc(C(C)C)c(NCCCN(CCCNc2c(C(C)C)cc(C(C)C)cc2C(C)C)Cc2ccccn2)c(C(C)C)c1.[Cl-].[Cl-].[Co+2]. The van der Waals surface area contributed by atoms with Crippen molar-refractivity contribution in [2.24, 2.45) is 0 Å². The summed E-state index contributed by atoms with van der Waals surface area (Å²) in [4.78, 5) is 7.26. The maximum Gasteiger partial charge on any atom is 2.00 e. The first kappa shape index (κ1) is 47.2. The van der Waals surface area contributed by atoms with Crippen LogP contribution in [0.3, 0.4) is 0 Å². The van der Waals surface area contributed by atoms with Crippen LogP contribution in [0.1, 0.15) is 171 Å². The fraction of sp³-hybridized carbons (Fsp3) is 0.595. The van der Waals surface area contributed by atoms with Crippen molar-refractivity contribution in [3.63, 3.8) is 0 Å². The number of nitrogens with one attached hydrogen (secondary N) is 2. The van der Waals surface area contributed by atoms with E-state index in [4.69, 9.17) is 0 Å². The molecule has 0 amide bonds. The van der Waals surface area contributed by atoms with Crippen LogP contribution in [-0.2, 0) is 23.3 Å². The molecule has 0 unspecified atom stereocenters. The Bertz CT molecular complexity index is 1210. The van der Waals surface area contributed by atoms with Gasteiger partial charge in [0.15, 0.2) is 0 Å². The van der Waals surface area contributed by atoms with E-state index in [1.54, 1.807) is 0 Å². The van der Waals surface area contributed by atoms with Gasteiger partial charge in [0.1, 0.15) is 0 Å². The Labute approximate surface area is 323 Å². The zero-order valence-corrected chi connectivity index (χ0v) is 35.1. The van der Waals surface area contributed by atoms with Crippen LogP contribution in [-0.4, -0.2) is 36.1 Å². The second kappa shape index (κ2) is 22.9. The van der Waals surface area contributed by atoms with E-state index in [0.29, 0.717) is 35.5 Å². The van der Waals surface area contributed by atoms with Crippen molar-refractivity contribution in [2.45, 2.75) is 138 Å². The van der Waals surface area contributed by atoms with Gasteiger partial charge in [-0.2, -0.15) is 0 Å². The van der Waals surface area contributed by atoms with Crippen LogP contribution in [0.2, 0.25) is 0 Å². The van der Waals surface area contributed by atoms with Crippen molar-refractivity contribution in [1.82, 2.24) is 9.88 Å². The Morgan fingerprint density at radius 3 is 1.20 bits per heavy atom. The van der Waals surface area contributed by atoms with E-state index in [2.05, 4.69) is 140 Å². The third-order valence-electron chi connectivity index (χ3n) is 9.28. The molecule has 3 aromatic rings. The van der Waals surface area contributed by atoms with E-state index >= 15 is 0 Å². The van der Waals surface area contributed by atoms with Crippen LogP contribution in [0, 0.1) is 0 Å². The molecule has 0 atom stereocenters. The summed E-state index contributed by atoms with van der Waals surface area (Å²) in [6, 6.07) is 16.0. The molecule has 3 rings (SSSR count). The van der Waals surface area contributed by atoms with Crippen LogP contribution < -0.4 is 35.4 Å². The number of benzene rings is 2. The molecule has 0 saturated carbocycles. The van der Waals surface area contributed by atoms with Crippen LogP contribution in [0.25, 0.3) is 0 Å². The van der Waals surface area contributed by atoms with Gasteiger partial charge >= 0.3 is 16.8 Å². The van der Waals surface area contributed by atoms with E-state index in [1.807, 2.05) is 12.3 Å². The third kappa shape index (κ3) is 14.1. The number of anilines is 2. The van der Waals surface area contributed by atoms with Crippen molar-refractivity contribution in [2.75, 3.05) is 36.8 Å². The molecule has 0 aliphatic carbocycles. The van der Waals surface area contributed by atoms with Crippen LogP contribution in [0.4, 0.5) is 11.4 Å². The molecule has 1 radical (unpaired) electrons. The fourth-order valence-electron chi connectivity index (χ4n) is 6.34. The van der Waals surface area contributed by atoms with Crippen molar-refractivity contribution in [3.05, 3.63) is 87.7 Å². The number of halogens is 2. The molecule has 0 aliphatic heterocycles. The Balaban J connectivity index is 0.00000768. The summed E-state index contributed by atoms with van der Waals surface area (Å²) in [6.45, 7) is 32.7. The van der Waals surface area contributed by atoms with Gasteiger partial charge in [-0.1, -0.05) is 113 Å². The standard InChI is InChI=1S/C42H66N4.2ClH.Co/c1-28(2)34-23-37(30(5)6)41(38(24-34)31(7)8)44-19-15-21-46(27-36-17-13-14-18-43-36)22-16-20-45-42-39(32(9)10)25-35(29(3)4)26-40(42)33(11)12;;;/h13-14,17-18,23-26,28-33,44-45H,15-16,19-22,27H2,1-12H3;2*1H;/q;;;+2/p-2. The number of rotatable bonds is 18. The zero-order valence-electron chi connectivity index (χ0n) is 32.5. The summed E-state index contributed by atoms with van der Waals surface area (Å²) < 4.78 is 0. The predicted molar refractivity (Wildman–Crippen MR) is 203 cm³/mol. The number of hydrogen-bond donors (Lipinski definition) is 2. The minimum Gasteiger partial charge on any atom is -1.00 e. The molecule has 0 saturated heterocycles. The summed E-state index contributed by atoms with van der Waals surface area (Å²) >= 11 is 0. The van der Waals surface area contributed by atoms with Gasteiger partial charge < -0.3 is 35.4 Å². The van der Waals surface area contributed by atoms with Gasteiger partial charge in [0.05, 0.1) is 5.69 Å². The minimum atomic E-state index is 0. The van der Waals surface area contributed by atoms with Crippen molar-refractivity contribution >= 4 is 11.4 Å². The van der Waals surface area contributed by atoms with E-state index in [1.165, 1.54) is 44.8 Å². The van der Waals surface area contributed by atoms with Gasteiger partial charge in [0, 0.05) is 50.3 Å². The molecular formula is C42H66Cl2CoN4. The van der Waals surface area contributed by atoms with Gasteiger partial charge in [-0.3, -0.25) is 9.88 Å². The van der Waals surface area contributed by atoms with Crippen molar-refractivity contribution in [3.8, 4) is 0 Å². The normalized spacial score (nSPS) is 11.4. The Morgan fingerprint density at radius 1 is 0.551 bits per heavy atom. The maximum atomic E-state index is 4.67. The molecule has 2 aromatic carbocycles. The average Bonchev–Trinajstić information content (AvgIpc) is 3.00. The second-order valence-electron chi connectivity index (χ2n) is 15.2. The van der Waals surface area contributed by atoms with Gasteiger partial charge in [-0.25, -0.2) is 0 Å². The molecule has 0 bridgehead atoms. The fourth-order valence-corrected chi connectivity index (χ4v) is 6.34. The van der Waals surface area contributed by atoms with E-state index in [-0.39, 0.29) is 41.6 Å². The first-order valence-electron chi connectivity index (χ1n) is 18.2. The Kier molecular flexibility index (Phi) is 22.1. The van der Waals surface area contributed by atoms with Crippen molar-refractivity contribution in [1.29, 1.82) is 0 Å². The number of nitrogens with zero attached hydrogens (tertiary/aromatic N) is 2. The quantitative estimate of drug-likeness (QED) is 0.165. The van der Waals surface area contributed by atoms with E-state index in [0.717, 1.165) is 51.3 Å². The molecule has 49 heavy (non-hydrogen) atoms. The number of aromatic nitrogens is 1. The molecule has 4 nitrogen and oxygen atoms in total. The zero-order chi connectivity index (χ0) is 34.0. The molecule has 277 valence electrons. The smallest absolute Gasteiger partial charge is 1.00 e. The summed E-state index contributed by atoms with van der Waals surface area (Å²) in [6.07, 6.45) is 4.10. The van der Waals surface area contributed by atoms with Crippen LogP contribution >= 0.6 is 0 Å². The monoisotopic (exact) mass is 755 g/mol. The molecule has 0 fully saturated rings. The number of pyridine rings is 1. The van der Waals surface area contributed by atoms with Crippen molar-refractivity contribution < 1.29 is 41.6 Å². The molecule has 0 spiro atoms. The van der Waals surface area contributed by atoms with Gasteiger partial charge in [0.25, 0.3) is 0 Å². The first-order valence-corrected chi connectivity index (χ1v) is 18.2. The molecule has 1 aromatic heterocycles. The summed E-state index contributed by atoms with van der Waals surface area (Å²) in [5.74, 6) is 3.02. The summed E-state index contributed by atoms with van der Waals surface area (Å²) in [7, 11) is 0. The Morgan fingerprint density at radius 2 is 0.918 bits per heavy atom. The largest absolute Gasteiger partial charge is 2.00 e. The topological polar surface area (TPSA) is 40.2 Å². The molecular weight excluding hydrogens is 690 g/mol. The summed E-state index contributed by atoms with van der Waals surface area (Å²) in [5, 5.41) is 7.82. The molecule has 7 heteroatoms. The van der Waals surface area contributed by atoms with Gasteiger partial charge in [-0.05, 0) is 93.9 Å². The molecule has 1 heterocycles. The maximum absolute atomic E-state index is 4.67.